The summed E-state index contributed by atoms with van der Waals surface area (Å²) in [4.78, 5) is 33.5. The number of H-pyrrole nitrogens is 1. The molecule has 0 bridgehead atoms. The van der Waals surface area contributed by atoms with Crippen molar-refractivity contribution in [1.82, 2.24) is 19.9 Å². The molecule has 1 aliphatic carbocycles. The average molecular weight is 422 g/mol. The Kier molecular flexibility index (Phi) is 5.33. The van der Waals surface area contributed by atoms with E-state index in [0.29, 0.717) is 24.5 Å². The highest BCUT2D eigenvalue weighted by Crippen LogP contribution is 2.33. The molecule has 0 unspecified atom stereocenters. The monoisotopic (exact) mass is 421 g/mol. The number of nitrogens with one attached hydrogen (secondary N) is 3. The quantitative estimate of drug-likeness (QED) is 0.568. The molecule has 0 aromatic carbocycles. The Bertz CT molecular complexity index is 1170. The van der Waals surface area contributed by atoms with Gasteiger partial charge < -0.3 is 24.9 Å². The van der Waals surface area contributed by atoms with Crippen molar-refractivity contribution in [3.63, 3.8) is 0 Å². The first-order valence-electron chi connectivity index (χ1n) is 10.9. The fraction of sp³-hybridized carbons (Fsp3) is 0.435. The Morgan fingerprint density at radius 1 is 1.35 bits per heavy atom. The van der Waals surface area contributed by atoms with Crippen LogP contribution in [0.3, 0.4) is 0 Å². The summed E-state index contributed by atoms with van der Waals surface area (Å²) >= 11 is 0. The zero-order chi connectivity index (χ0) is 21.4. The van der Waals surface area contributed by atoms with Crippen LogP contribution in [0.4, 0.5) is 5.82 Å². The van der Waals surface area contributed by atoms with Crippen LogP contribution in [0.1, 0.15) is 37.3 Å². The van der Waals surface area contributed by atoms with E-state index < -0.39 is 0 Å². The van der Waals surface area contributed by atoms with E-state index in [1.165, 1.54) is 0 Å². The largest absolute Gasteiger partial charge is 0.379 e. The number of hydrogen-bond acceptors (Lipinski definition) is 5. The normalized spacial score (nSPS) is 18.9. The van der Waals surface area contributed by atoms with Gasteiger partial charge in [-0.25, -0.2) is 4.98 Å². The number of fused-ring (bicyclic) bond motifs is 1. The second kappa shape index (κ2) is 8.28. The van der Waals surface area contributed by atoms with Gasteiger partial charge in [-0.3, -0.25) is 9.59 Å². The van der Waals surface area contributed by atoms with Gasteiger partial charge in [0.1, 0.15) is 0 Å². The lowest BCUT2D eigenvalue weighted by atomic mass is 10.1. The molecule has 2 fully saturated rings. The molecule has 3 N–H and O–H groups in total. The Hall–Kier alpha value is -2.97. The van der Waals surface area contributed by atoms with Crippen molar-refractivity contribution in [1.29, 1.82) is 0 Å². The van der Waals surface area contributed by atoms with E-state index in [-0.39, 0.29) is 23.4 Å². The number of pyridine rings is 2. The highest BCUT2D eigenvalue weighted by atomic mass is 16.5. The number of ether oxygens (including phenoxy) is 1. The van der Waals surface area contributed by atoms with Crippen molar-refractivity contribution in [3.8, 4) is 11.3 Å². The van der Waals surface area contributed by atoms with E-state index >= 15 is 0 Å². The van der Waals surface area contributed by atoms with Crippen LogP contribution in [0.2, 0.25) is 0 Å². The zero-order valence-electron chi connectivity index (χ0n) is 17.6. The summed E-state index contributed by atoms with van der Waals surface area (Å²) in [5.74, 6) is 0.600. The Morgan fingerprint density at radius 3 is 2.97 bits per heavy atom. The third-order valence-corrected chi connectivity index (χ3v) is 6.10. The maximum absolute atomic E-state index is 13.3. The minimum Gasteiger partial charge on any atom is -0.379 e. The van der Waals surface area contributed by atoms with Gasteiger partial charge in [-0.2, -0.15) is 0 Å². The standard InChI is InChI=1S/C23H27N5O3/c1-24-11-15-12-25-21(27-22(29)14-6-7-14)20-18(15)10-19(26-20)17-5-2-8-28(23(17)30)16-4-3-9-31-13-16/h2,5,8,10,12,14,16,24,26H,3-4,6-7,9,11,13H2,1H3,(H,25,27,29)/t16-/m1/s1. The molecule has 0 radical (unpaired) electrons. The van der Waals surface area contributed by atoms with E-state index in [0.717, 1.165) is 54.5 Å². The fourth-order valence-corrected chi connectivity index (χ4v) is 4.25. The molecule has 8 nitrogen and oxygen atoms in total. The van der Waals surface area contributed by atoms with Crippen molar-refractivity contribution in [2.75, 3.05) is 25.6 Å². The molecule has 3 aromatic rings. The predicted molar refractivity (Wildman–Crippen MR) is 119 cm³/mol. The Balaban J connectivity index is 1.58. The first-order valence-corrected chi connectivity index (χ1v) is 10.9. The highest BCUT2D eigenvalue weighted by molar-refractivity contribution is 6.02. The van der Waals surface area contributed by atoms with Gasteiger partial charge in [0.15, 0.2) is 5.82 Å². The first kappa shape index (κ1) is 20.0. The Morgan fingerprint density at radius 2 is 2.23 bits per heavy atom. The number of carbonyl (C=O) groups is 1. The molecule has 2 aliphatic rings. The van der Waals surface area contributed by atoms with Gasteiger partial charge in [-0.1, -0.05) is 0 Å². The number of rotatable bonds is 6. The molecule has 4 heterocycles. The van der Waals surface area contributed by atoms with Crippen molar-refractivity contribution >= 4 is 22.6 Å². The second-order valence-corrected chi connectivity index (χ2v) is 8.40. The SMILES string of the molecule is CNCc1cnc(NC(=O)C2CC2)c2[nH]c(-c3cccn([C@@H]4CCCOC4)c3=O)cc12. The third-order valence-electron chi connectivity index (χ3n) is 6.10. The molecule has 1 aliphatic heterocycles. The molecule has 162 valence electrons. The van der Waals surface area contributed by atoms with Crippen LogP contribution in [-0.2, 0) is 16.1 Å². The zero-order valence-corrected chi connectivity index (χ0v) is 17.6. The fourth-order valence-electron chi connectivity index (χ4n) is 4.25. The lowest BCUT2D eigenvalue weighted by Gasteiger charge is -2.24. The van der Waals surface area contributed by atoms with Crippen molar-refractivity contribution in [2.45, 2.75) is 38.3 Å². The molecule has 3 aromatic heterocycles. The topological polar surface area (TPSA) is 101 Å². The van der Waals surface area contributed by atoms with Crippen molar-refractivity contribution in [2.24, 2.45) is 5.92 Å². The van der Waals surface area contributed by atoms with Crippen LogP contribution >= 0.6 is 0 Å². The minimum absolute atomic E-state index is 0.00526. The minimum atomic E-state index is -0.0451. The molecular weight excluding hydrogens is 394 g/mol. The van der Waals surface area contributed by atoms with E-state index in [9.17, 15) is 9.59 Å². The number of aromatic nitrogens is 3. The molecule has 1 saturated carbocycles. The van der Waals surface area contributed by atoms with E-state index in [1.54, 1.807) is 10.8 Å². The number of hydrogen-bond donors (Lipinski definition) is 3. The van der Waals surface area contributed by atoms with Crippen LogP contribution in [-0.4, -0.2) is 40.7 Å². The molecule has 31 heavy (non-hydrogen) atoms. The Labute approximate surface area is 180 Å². The summed E-state index contributed by atoms with van der Waals surface area (Å²) in [5, 5.41) is 7.06. The lowest BCUT2D eigenvalue weighted by Crippen LogP contribution is -2.30. The third kappa shape index (κ3) is 3.88. The molecule has 1 atom stereocenters. The molecule has 8 heteroatoms. The number of nitrogens with zero attached hydrogens (tertiary/aromatic N) is 2. The smallest absolute Gasteiger partial charge is 0.260 e. The van der Waals surface area contributed by atoms with Crippen LogP contribution in [0.15, 0.2) is 35.4 Å². The molecular formula is C23H27N5O3. The number of amides is 1. The molecule has 5 rings (SSSR count). The van der Waals surface area contributed by atoms with E-state index in [4.69, 9.17) is 4.74 Å². The van der Waals surface area contributed by atoms with Crippen LogP contribution in [0.25, 0.3) is 22.2 Å². The summed E-state index contributed by atoms with van der Waals surface area (Å²) < 4.78 is 7.36. The van der Waals surface area contributed by atoms with Crippen LogP contribution in [0, 0.1) is 5.92 Å². The summed E-state index contributed by atoms with van der Waals surface area (Å²) in [6.45, 7) is 1.95. The second-order valence-electron chi connectivity index (χ2n) is 8.40. The van der Waals surface area contributed by atoms with E-state index in [1.807, 2.05) is 31.4 Å². The maximum Gasteiger partial charge on any atom is 0.260 e. The van der Waals surface area contributed by atoms with E-state index in [2.05, 4.69) is 20.6 Å². The van der Waals surface area contributed by atoms with Crippen LogP contribution < -0.4 is 16.2 Å². The van der Waals surface area contributed by atoms with Crippen molar-refractivity contribution in [3.05, 3.63) is 46.5 Å². The first-order chi connectivity index (χ1) is 15.2. The van der Waals surface area contributed by atoms with Crippen LogP contribution in [0.5, 0.6) is 0 Å². The number of aromatic amines is 1. The van der Waals surface area contributed by atoms with Gasteiger partial charge in [0.25, 0.3) is 5.56 Å². The van der Waals surface area contributed by atoms with Gasteiger partial charge in [0.2, 0.25) is 5.91 Å². The summed E-state index contributed by atoms with van der Waals surface area (Å²) in [6.07, 6.45) is 7.36. The average Bonchev–Trinajstić information content (AvgIpc) is 3.55. The van der Waals surface area contributed by atoms with Crippen molar-refractivity contribution < 1.29 is 9.53 Å². The number of anilines is 1. The maximum atomic E-state index is 13.3. The summed E-state index contributed by atoms with van der Waals surface area (Å²) in [7, 11) is 1.88. The van der Waals surface area contributed by atoms with Gasteiger partial charge in [-0.05, 0) is 56.5 Å². The summed E-state index contributed by atoms with van der Waals surface area (Å²) in [6, 6.07) is 5.77. The molecule has 1 saturated heterocycles. The van der Waals surface area contributed by atoms with Gasteiger partial charge in [-0.15, -0.1) is 0 Å². The van der Waals surface area contributed by atoms with Gasteiger partial charge in [0, 0.05) is 36.8 Å². The predicted octanol–water partition coefficient (Wildman–Crippen LogP) is 2.81. The lowest BCUT2D eigenvalue weighted by molar-refractivity contribution is -0.117. The van der Waals surface area contributed by atoms with Gasteiger partial charge in [0.05, 0.1) is 29.4 Å². The number of carbonyl (C=O) groups excluding carboxylic acids is 1. The summed E-state index contributed by atoms with van der Waals surface area (Å²) in [5.41, 5.74) is 3.02. The molecule has 0 spiro atoms. The molecule has 1 amide bonds. The van der Waals surface area contributed by atoms with Gasteiger partial charge >= 0.3 is 0 Å². The highest BCUT2D eigenvalue weighted by Gasteiger charge is 2.30.